The van der Waals surface area contributed by atoms with Gasteiger partial charge >= 0.3 is 6.18 Å². The Bertz CT molecular complexity index is 1080. The van der Waals surface area contributed by atoms with Crippen molar-refractivity contribution in [3.63, 3.8) is 0 Å². The Hall–Kier alpha value is -2.77. The number of hydrogen-bond acceptors (Lipinski definition) is 4. The molecule has 0 radical (unpaired) electrons. The van der Waals surface area contributed by atoms with Gasteiger partial charge in [0.15, 0.2) is 5.65 Å². The summed E-state index contributed by atoms with van der Waals surface area (Å²) in [7, 11) is 0. The van der Waals surface area contributed by atoms with Gasteiger partial charge < -0.3 is 0 Å². The molecule has 8 heteroatoms. The van der Waals surface area contributed by atoms with Crippen molar-refractivity contribution >= 4 is 11.2 Å². The van der Waals surface area contributed by atoms with Crippen LogP contribution in [0.5, 0.6) is 0 Å². The molecule has 0 spiro atoms. The van der Waals surface area contributed by atoms with E-state index >= 15 is 0 Å². The minimum atomic E-state index is -4.55. The molecule has 0 saturated heterocycles. The summed E-state index contributed by atoms with van der Waals surface area (Å²) in [4.78, 5) is 25.9. The first-order valence-corrected chi connectivity index (χ1v) is 9.23. The van der Waals surface area contributed by atoms with E-state index in [1.165, 1.54) is 16.8 Å². The van der Waals surface area contributed by atoms with E-state index in [2.05, 4.69) is 15.0 Å². The van der Waals surface area contributed by atoms with Crippen LogP contribution < -0.4 is 5.56 Å². The zero-order valence-corrected chi connectivity index (χ0v) is 15.3. The maximum Gasteiger partial charge on any atom is 0.418 e. The van der Waals surface area contributed by atoms with Crippen LogP contribution in [-0.4, -0.2) is 19.5 Å². The maximum absolute atomic E-state index is 13.4. The molecule has 0 bridgehead atoms. The number of fused-ring (bicyclic) bond motifs is 1. The number of hydrogen-bond donors (Lipinski definition) is 0. The third-order valence-corrected chi connectivity index (χ3v) is 5.24. The Balaban J connectivity index is 1.92. The molecular weight excluding hydrogens is 369 g/mol. The molecule has 0 aliphatic heterocycles. The SMILES string of the molecule is Cc1cnc2cc(C3CCCC3)c(=O)n(Cc3ncccc3C(F)(F)F)c2n1. The normalized spacial score (nSPS) is 15.4. The molecule has 0 amide bonds. The highest BCUT2D eigenvalue weighted by molar-refractivity contribution is 5.71. The van der Waals surface area contributed by atoms with E-state index in [1.807, 2.05) is 0 Å². The zero-order chi connectivity index (χ0) is 19.9. The van der Waals surface area contributed by atoms with Crippen molar-refractivity contribution in [1.82, 2.24) is 19.5 Å². The molecule has 3 heterocycles. The fraction of sp³-hybridized carbons (Fsp3) is 0.400. The van der Waals surface area contributed by atoms with Crippen molar-refractivity contribution < 1.29 is 13.2 Å². The van der Waals surface area contributed by atoms with E-state index in [0.29, 0.717) is 16.8 Å². The lowest BCUT2D eigenvalue weighted by molar-refractivity contribution is -0.138. The lowest BCUT2D eigenvalue weighted by Crippen LogP contribution is -2.28. The smallest absolute Gasteiger partial charge is 0.285 e. The maximum atomic E-state index is 13.4. The summed E-state index contributed by atoms with van der Waals surface area (Å²) < 4.78 is 41.5. The third-order valence-electron chi connectivity index (χ3n) is 5.24. The monoisotopic (exact) mass is 388 g/mol. The molecule has 28 heavy (non-hydrogen) atoms. The second-order valence-electron chi connectivity index (χ2n) is 7.19. The second kappa shape index (κ2) is 7.00. The van der Waals surface area contributed by atoms with Crippen LogP contribution in [0.25, 0.3) is 11.2 Å². The van der Waals surface area contributed by atoms with Crippen LogP contribution in [0.1, 0.15) is 54.1 Å². The van der Waals surface area contributed by atoms with Gasteiger partial charge in [-0.2, -0.15) is 13.2 Å². The first kappa shape index (κ1) is 18.6. The average molecular weight is 388 g/mol. The molecule has 1 fully saturated rings. The second-order valence-corrected chi connectivity index (χ2v) is 7.19. The van der Waals surface area contributed by atoms with E-state index in [4.69, 9.17) is 0 Å². The van der Waals surface area contributed by atoms with Crippen molar-refractivity contribution in [2.75, 3.05) is 0 Å². The van der Waals surface area contributed by atoms with Gasteiger partial charge in [0.25, 0.3) is 5.56 Å². The van der Waals surface area contributed by atoms with Gasteiger partial charge in [-0.15, -0.1) is 0 Å². The molecular formula is C20H19F3N4O. The molecule has 1 aliphatic rings. The number of pyridine rings is 2. The topological polar surface area (TPSA) is 60.7 Å². The van der Waals surface area contributed by atoms with Gasteiger partial charge in [0.1, 0.15) is 5.52 Å². The lowest BCUT2D eigenvalue weighted by Gasteiger charge is -2.17. The average Bonchev–Trinajstić information content (AvgIpc) is 3.18. The van der Waals surface area contributed by atoms with Crippen LogP contribution in [0.3, 0.4) is 0 Å². The van der Waals surface area contributed by atoms with Crippen molar-refractivity contribution in [3.05, 3.63) is 63.5 Å². The number of alkyl halides is 3. The van der Waals surface area contributed by atoms with Gasteiger partial charge in [-0.3, -0.25) is 19.3 Å². The van der Waals surface area contributed by atoms with Gasteiger partial charge in [0, 0.05) is 18.0 Å². The zero-order valence-electron chi connectivity index (χ0n) is 15.3. The molecule has 0 atom stereocenters. The molecule has 4 rings (SSSR count). The number of nitrogens with zero attached hydrogens (tertiary/aromatic N) is 4. The van der Waals surface area contributed by atoms with Gasteiger partial charge in [-0.25, -0.2) is 4.98 Å². The van der Waals surface area contributed by atoms with E-state index in [1.54, 1.807) is 19.2 Å². The molecule has 0 unspecified atom stereocenters. The first-order valence-electron chi connectivity index (χ1n) is 9.23. The number of halogens is 3. The van der Waals surface area contributed by atoms with Crippen LogP contribution in [0.2, 0.25) is 0 Å². The summed E-state index contributed by atoms with van der Waals surface area (Å²) in [5.41, 5.74) is 0.631. The highest BCUT2D eigenvalue weighted by atomic mass is 19.4. The molecule has 5 nitrogen and oxygen atoms in total. The van der Waals surface area contributed by atoms with E-state index in [0.717, 1.165) is 31.7 Å². The number of aryl methyl sites for hydroxylation is 1. The summed E-state index contributed by atoms with van der Waals surface area (Å²) in [6, 6.07) is 3.97. The molecule has 146 valence electrons. The quantitative estimate of drug-likeness (QED) is 0.674. The van der Waals surface area contributed by atoms with Crippen LogP contribution in [0, 0.1) is 6.92 Å². The largest absolute Gasteiger partial charge is 0.418 e. The minimum Gasteiger partial charge on any atom is -0.285 e. The highest BCUT2D eigenvalue weighted by Gasteiger charge is 2.34. The molecule has 3 aromatic heterocycles. The summed E-state index contributed by atoms with van der Waals surface area (Å²) in [6.45, 7) is 1.43. The summed E-state index contributed by atoms with van der Waals surface area (Å²) in [6.07, 6.45) is 2.23. The van der Waals surface area contributed by atoms with Crippen LogP contribution >= 0.6 is 0 Å². The minimum absolute atomic E-state index is 0.108. The first-order chi connectivity index (χ1) is 13.3. The molecule has 0 N–H and O–H groups in total. The third kappa shape index (κ3) is 3.39. The Morgan fingerprint density at radius 3 is 2.68 bits per heavy atom. The summed E-state index contributed by atoms with van der Waals surface area (Å²) in [5.74, 6) is 0.108. The molecule has 1 aliphatic carbocycles. The summed E-state index contributed by atoms with van der Waals surface area (Å²) in [5, 5.41) is 0. The van der Waals surface area contributed by atoms with Crippen molar-refractivity contribution in [2.45, 2.75) is 51.2 Å². The van der Waals surface area contributed by atoms with Gasteiger partial charge in [-0.1, -0.05) is 12.8 Å². The Morgan fingerprint density at radius 1 is 1.21 bits per heavy atom. The predicted octanol–water partition coefficient (Wildman–Crippen LogP) is 4.22. The van der Waals surface area contributed by atoms with Crippen molar-refractivity contribution in [3.8, 4) is 0 Å². The lowest BCUT2D eigenvalue weighted by atomic mass is 9.98. The fourth-order valence-electron chi connectivity index (χ4n) is 3.88. The predicted molar refractivity (Wildman–Crippen MR) is 98.1 cm³/mol. The van der Waals surface area contributed by atoms with Crippen molar-refractivity contribution in [2.24, 2.45) is 0 Å². The van der Waals surface area contributed by atoms with Gasteiger partial charge in [-0.05, 0) is 43.9 Å². The number of aromatic nitrogens is 4. The molecule has 0 aromatic carbocycles. The van der Waals surface area contributed by atoms with E-state index < -0.39 is 11.7 Å². The fourth-order valence-corrected chi connectivity index (χ4v) is 3.88. The van der Waals surface area contributed by atoms with E-state index in [9.17, 15) is 18.0 Å². The van der Waals surface area contributed by atoms with Crippen molar-refractivity contribution in [1.29, 1.82) is 0 Å². The summed E-state index contributed by atoms with van der Waals surface area (Å²) >= 11 is 0. The Labute approximate surface area is 159 Å². The molecule has 1 saturated carbocycles. The van der Waals surface area contributed by atoms with Gasteiger partial charge in [0.05, 0.1) is 23.5 Å². The van der Waals surface area contributed by atoms with E-state index in [-0.39, 0.29) is 29.4 Å². The van der Waals surface area contributed by atoms with Crippen LogP contribution in [0.15, 0.2) is 35.4 Å². The van der Waals surface area contributed by atoms with Crippen LogP contribution in [-0.2, 0) is 12.7 Å². The Kier molecular flexibility index (Phi) is 4.64. The molecule has 3 aromatic rings. The van der Waals surface area contributed by atoms with Crippen LogP contribution in [0.4, 0.5) is 13.2 Å². The number of rotatable bonds is 3. The highest BCUT2D eigenvalue weighted by Crippen LogP contribution is 2.34. The van der Waals surface area contributed by atoms with Gasteiger partial charge in [0.2, 0.25) is 0 Å². The Morgan fingerprint density at radius 2 is 1.96 bits per heavy atom. The standard InChI is InChI=1S/C20H19F3N4O/c1-12-10-25-16-9-14(13-5-2-3-6-13)19(28)27(18(16)26-12)11-17-15(20(21,22)23)7-4-8-24-17/h4,7-10,13H,2-3,5-6,11H2,1H3.